The lowest BCUT2D eigenvalue weighted by Crippen LogP contribution is -2.11. The first-order valence-corrected chi connectivity index (χ1v) is 5.95. The van der Waals surface area contributed by atoms with Gasteiger partial charge >= 0.3 is 0 Å². The van der Waals surface area contributed by atoms with Crippen LogP contribution in [0.3, 0.4) is 0 Å². The maximum absolute atomic E-state index is 3.21. The van der Waals surface area contributed by atoms with Gasteiger partial charge in [0.1, 0.15) is 0 Å². The summed E-state index contributed by atoms with van der Waals surface area (Å²) in [7, 11) is 2.04. The molecule has 0 spiro atoms. The lowest BCUT2D eigenvalue weighted by molar-refractivity contribution is 0.451. The molecule has 1 atom stereocenters. The highest BCUT2D eigenvalue weighted by Crippen LogP contribution is 2.13. The lowest BCUT2D eigenvalue weighted by Gasteiger charge is -2.10. The highest BCUT2D eigenvalue weighted by atomic mass is 14.8. The van der Waals surface area contributed by atoms with Crippen molar-refractivity contribution in [2.24, 2.45) is 5.92 Å². The summed E-state index contributed by atoms with van der Waals surface area (Å²) in [5.74, 6) is 0.911. The van der Waals surface area contributed by atoms with Crippen LogP contribution in [0.1, 0.15) is 58.8 Å². The first-order valence-electron chi connectivity index (χ1n) is 5.95. The van der Waals surface area contributed by atoms with E-state index in [1.54, 1.807) is 0 Å². The predicted octanol–water partition coefficient (Wildman–Crippen LogP) is 3.59. The Labute approximate surface area is 84.3 Å². The van der Waals surface area contributed by atoms with Gasteiger partial charge in [-0.3, -0.25) is 0 Å². The van der Waals surface area contributed by atoms with Gasteiger partial charge in [0.15, 0.2) is 0 Å². The Hall–Kier alpha value is -0.0400. The van der Waals surface area contributed by atoms with Crippen LogP contribution in [0.5, 0.6) is 0 Å². The molecule has 0 aliphatic heterocycles. The zero-order chi connectivity index (χ0) is 9.94. The van der Waals surface area contributed by atoms with E-state index in [0.29, 0.717) is 0 Å². The van der Waals surface area contributed by atoms with Crippen LogP contribution in [0, 0.1) is 5.92 Å². The van der Waals surface area contributed by atoms with Gasteiger partial charge in [0.05, 0.1) is 0 Å². The van der Waals surface area contributed by atoms with Gasteiger partial charge in [-0.1, -0.05) is 52.4 Å². The fourth-order valence-corrected chi connectivity index (χ4v) is 1.63. The molecule has 1 unspecified atom stereocenters. The summed E-state index contributed by atoms with van der Waals surface area (Å²) in [6.45, 7) is 5.82. The van der Waals surface area contributed by atoms with Crippen molar-refractivity contribution in [1.29, 1.82) is 0 Å². The standard InChI is InChI=1S/C12H27N/c1-4-5-6-7-8-9-12(2)10-11-13-3/h12-13H,4-11H2,1-3H3. The maximum atomic E-state index is 3.21. The zero-order valence-electron chi connectivity index (χ0n) is 9.73. The van der Waals surface area contributed by atoms with Crippen LogP contribution >= 0.6 is 0 Å². The van der Waals surface area contributed by atoms with Crippen molar-refractivity contribution < 1.29 is 0 Å². The van der Waals surface area contributed by atoms with Crippen LogP contribution in [-0.2, 0) is 0 Å². The van der Waals surface area contributed by atoms with Crippen LogP contribution in [-0.4, -0.2) is 13.6 Å². The molecule has 0 bridgehead atoms. The Morgan fingerprint density at radius 2 is 1.69 bits per heavy atom. The molecule has 13 heavy (non-hydrogen) atoms. The van der Waals surface area contributed by atoms with E-state index in [0.717, 1.165) is 5.92 Å². The van der Waals surface area contributed by atoms with Crippen molar-refractivity contribution >= 4 is 0 Å². The van der Waals surface area contributed by atoms with Crippen LogP contribution in [0.2, 0.25) is 0 Å². The molecule has 1 heteroatoms. The minimum absolute atomic E-state index is 0.911. The first kappa shape index (κ1) is 13.0. The molecule has 0 radical (unpaired) electrons. The SMILES string of the molecule is CCCCCCCC(C)CCNC. The van der Waals surface area contributed by atoms with Crippen molar-refractivity contribution in [3.8, 4) is 0 Å². The molecule has 0 aliphatic carbocycles. The Morgan fingerprint density at radius 1 is 1.00 bits per heavy atom. The molecular weight excluding hydrogens is 158 g/mol. The first-order chi connectivity index (χ1) is 6.31. The molecule has 0 fully saturated rings. The normalized spacial score (nSPS) is 13.2. The van der Waals surface area contributed by atoms with Gasteiger partial charge in [0.25, 0.3) is 0 Å². The zero-order valence-corrected chi connectivity index (χ0v) is 9.73. The third-order valence-electron chi connectivity index (χ3n) is 2.69. The van der Waals surface area contributed by atoms with Crippen molar-refractivity contribution in [3.63, 3.8) is 0 Å². The van der Waals surface area contributed by atoms with Crippen LogP contribution < -0.4 is 5.32 Å². The highest BCUT2D eigenvalue weighted by molar-refractivity contribution is 4.55. The lowest BCUT2D eigenvalue weighted by atomic mass is 9.99. The molecular formula is C12H27N. The van der Waals surface area contributed by atoms with Gasteiger partial charge in [-0.2, -0.15) is 0 Å². The fourth-order valence-electron chi connectivity index (χ4n) is 1.63. The molecule has 0 aromatic heterocycles. The van der Waals surface area contributed by atoms with Gasteiger partial charge in [0.2, 0.25) is 0 Å². The molecule has 80 valence electrons. The Kier molecular flexibility index (Phi) is 10.0. The summed E-state index contributed by atoms with van der Waals surface area (Å²) < 4.78 is 0. The van der Waals surface area contributed by atoms with Crippen LogP contribution in [0.25, 0.3) is 0 Å². The number of hydrogen-bond donors (Lipinski definition) is 1. The molecule has 0 heterocycles. The number of nitrogens with one attached hydrogen (secondary N) is 1. The van der Waals surface area contributed by atoms with Crippen molar-refractivity contribution in [1.82, 2.24) is 5.32 Å². The summed E-state index contributed by atoms with van der Waals surface area (Å²) in [5, 5.41) is 3.21. The third kappa shape index (κ3) is 9.88. The molecule has 0 saturated carbocycles. The third-order valence-corrected chi connectivity index (χ3v) is 2.69. The summed E-state index contributed by atoms with van der Waals surface area (Å²) in [6, 6.07) is 0. The topological polar surface area (TPSA) is 12.0 Å². The average Bonchev–Trinajstić information content (AvgIpc) is 2.14. The summed E-state index contributed by atoms with van der Waals surface area (Å²) in [4.78, 5) is 0. The number of hydrogen-bond acceptors (Lipinski definition) is 1. The van der Waals surface area contributed by atoms with Crippen molar-refractivity contribution in [3.05, 3.63) is 0 Å². The molecule has 0 aromatic rings. The summed E-state index contributed by atoms with van der Waals surface area (Å²) >= 11 is 0. The van der Waals surface area contributed by atoms with Gasteiger partial charge in [-0.05, 0) is 25.9 Å². The average molecular weight is 185 g/mol. The van der Waals surface area contributed by atoms with Gasteiger partial charge < -0.3 is 5.32 Å². The highest BCUT2D eigenvalue weighted by Gasteiger charge is 2.00. The molecule has 0 amide bonds. The van der Waals surface area contributed by atoms with Gasteiger partial charge in [-0.25, -0.2) is 0 Å². The monoisotopic (exact) mass is 185 g/mol. The van der Waals surface area contributed by atoms with Crippen molar-refractivity contribution in [2.45, 2.75) is 58.8 Å². The van der Waals surface area contributed by atoms with Gasteiger partial charge in [-0.15, -0.1) is 0 Å². The maximum Gasteiger partial charge on any atom is -0.00494 e. The number of rotatable bonds is 9. The fraction of sp³-hybridized carbons (Fsp3) is 1.00. The van der Waals surface area contributed by atoms with E-state index in [9.17, 15) is 0 Å². The van der Waals surface area contributed by atoms with Crippen molar-refractivity contribution in [2.75, 3.05) is 13.6 Å². The Balaban J connectivity index is 3.03. The molecule has 1 N–H and O–H groups in total. The van der Waals surface area contributed by atoms with Crippen LogP contribution in [0.4, 0.5) is 0 Å². The minimum atomic E-state index is 0.911. The Bertz CT molecular complexity index is 91.1. The molecule has 0 aliphatic rings. The molecule has 0 saturated heterocycles. The predicted molar refractivity (Wildman–Crippen MR) is 61.1 cm³/mol. The second-order valence-corrected chi connectivity index (χ2v) is 4.20. The van der Waals surface area contributed by atoms with E-state index >= 15 is 0 Å². The van der Waals surface area contributed by atoms with E-state index in [4.69, 9.17) is 0 Å². The smallest absolute Gasteiger partial charge is 0.00494 e. The largest absolute Gasteiger partial charge is 0.320 e. The summed E-state index contributed by atoms with van der Waals surface area (Å²) in [6.07, 6.45) is 9.85. The van der Waals surface area contributed by atoms with E-state index < -0.39 is 0 Å². The second kappa shape index (κ2) is 10.0. The van der Waals surface area contributed by atoms with E-state index in [1.807, 2.05) is 7.05 Å². The van der Waals surface area contributed by atoms with Gasteiger partial charge in [0, 0.05) is 0 Å². The van der Waals surface area contributed by atoms with E-state index in [1.165, 1.54) is 51.5 Å². The number of unbranched alkanes of at least 4 members (excludes halogenated alkanes) is 4. The molecule has 0 rings (SSSR count). The Morgan fingerprint density at radius 3 is 2.31 bits per heavy atom. The molecule has 1 nitrogen and oxygen atoms in total. The van der Waals surface area contributed by atoms with E-state index in [-0.39, 0.29) is 0 Å². The molecule has 0 aromatic carbocycles. The second-order valence-electron chi connectivity index (χ2n) is 4.20. The summed E-state index contributed by atoms with van der Waals surface area (Å²) in [5.41, 5.74) is 0. The van der Waals surface area contributed by atoms with E-state index in [2.05, 4.69) is 19.2 Å². The quantitative estimate of drug-likeness (QED) is 0.541. The minimum Gasteiger partial charge on any atom is -0.320 e. The van der Waals surface area contributed by atoms with Crippen LogP contribution in [0.15, 0.2) is 0 Å².